The van der Waals surface area contributed by atoms with E-state index in [9.17, 15) is 9.59 Å². The maximum absolute atomic E-state index is 12.8. The van der Waals surface area contributed by atoms with Gasteiger partial charge in [0.15, 0.2) is 28.9 Å². The third kappa shape index (κ3) is 5.90. The summed E-state index contributed by atoms with van der Waals surface area (Å²) in [5, 5.41) is 6.08. The molecule has 1 saturated carbocycles. The van der Waals surface area contributed by atoms with Gasteiger partial charge >= 0.3 is 0 Å². The van der Waals surface area contributed by atoms with Crippen LogP contribution in [0, 0.1) is 0 Å². The standard InChI is InChI=1S/C31H34N4O4S/c1-3-27-29(22-14-15-25(38-2)26(17-22)39-24-8-4-5-9-24)34-35(28(19-36)40-27)31(32)21-12-10-20(11-13-21)30(37)23-7-6-16-33-18-23/h6-7,10-19,24,27-28,31H,3-5,8-9,32H2,1-2H3. The van der Waals surface area contributed by atoms with Gasteiger partial charge in [0.2, 0.25) is 0 Å². The first kappa shape index (κ1) is 27.9. The molecule has 3 atom stereocenters. The Kier molecular flexibility index (Phi) is 8.81. The lowest BCUT2D eigenvalue weighted by atomic mass is 10.0. The van der Waals surface area contributed by atoms with Crippen LogP contribution in [0.5, 0.6) is 11.5 Å². The number of hydrogen-bond donors (Lipinski definition) is 1. The lowest BCUT2D eigenvalue weighted by molar-refractivity contribution is -0.110. The van der Waals surface area contributed by atoms with Crippen molar-refractivity contribution in [3.63, 3.8) is 0 Å². The average Bonchev–Trinajstić information content (AvgIpc) is 3.53. The monoisotopic (exact) mass is 558 g/mol. The van der Waals surface area contributed by atoms with Crippen LogP contribution in [0.1, 0.15) is 72.2 Å². The minimum Gasteiger partial charge on any atom is -0.493 e. The van der Waals surface area contributed by atoms with Crippen molar-refractivity contribution in [1.82, 2.24) is 9.99 Å². The highest BCUT2D eigenvalue weighted by molar-refractivity contribution is 8.01. The number of pyridine rings is 1. The minimum absolute atomic E-state index is 0.00542. The number of methoxy groups -OCH3 is 1. The molecule has 1 fully saturated rings. The zero-order chi connectivity index (χ0) is 28.1. The molecule has 3 aromatic rings. The van der Waals surface area contributed by atoms with E-state index < -0.39 is 11.5 Å². The lowest BCUT2D eigenvalue weighted by Crippen LogP contribution is -2.44. The number of thioether (sulfide) groups is 1. The zero-order valence-electron chi connectivity index (χ0n) is 22.7. The molecule has 0 amide bonds. The van der Waals surface area contributed by atoms with Gasteiger partial charge in [0.1, 0.15) is 6.17 Å². The summed E-state index contributed by atoms with van der Waals surface area (Å²) in [4.78, 5) is 29.0. The Morgan fingerprint density at radius 2 is 1.90 bits per heavy atom. The van der Waals surface area contributed by atoms with Gasteiger partial charge in [-0.15, -0.1) is 11.8 Å². The summed E-state index contributed by atoms with van der Waals surface area (Å²) < 4.78 is 11.9. The van der Waals surface area contributed by atoms with Gasteiger partial charge < -0.3 is 20.0 Å². The average molecular weight is 559 g/mol. The molecular weight excluding hydrogens is 524 g/mol. The first-order chi connectivity index (χ1) is 19.5. The van der Waals surface area contributed by atoms with Gasteiger partial charge in [-0.05, 0) is 68.0 Å². The summed E-state index contributed by atoms with van der Waals surface area (Å²) in [6, 6.07) is 16.4. The molecule has 8 nitrogen and oxygen atoms in total. The quantitative estimate of drug-likeness (QED) is 0.262. The number of hydrazone groups is 1. The predicted molar refractivity (Wildman–Crippen MR) is 157 cm³/mol. The van der Waals surface area contributed by atoms with E-state index in [1.807, 2.05) is 30.3 Å². The van der Waals surface area contributed by atoms with Crippen LogP contribution < -0.4 is 15.2 Å². The minimum atomic E-state index is -0.689. The Hall–Kier alpha value is -3.69. The molecule has 0 spiro atoms. The fourth-order valence-corrected chi connectivity index (χ4v) is 6.36. The number of carbonyl (C=O) groups excluding carboxylic acids is 2. The summed E-state index contributed by atoms with van der Waals surface area (Å²) in [5.41, 5.74) is 10.2. The lowest BCUT2D eigenvalue weighted by Gasteiger charge is -2.38. The molecule has 0 radical (unpaired) electrons. The van der Waals surface area contributed by atoms with Gasteiger partial charge in [-0.25, -0.2) is 0 Å². The second-order valence-corrected chi connectivity index (χ2v) is 11.3. The molecule has 5 rings (SSSR count). The van der Waals surface area contributed by atoms with Gasteiger partial charge in [0.25, 0.3) is 0 Å². The summed E-state index contributed by atoms with van der Waals surface area (Å²) in [5.74, 6) is 1.28. The summed E-state index contributed by atoms with van der Waals surface area (Å²) >= 11 is 1.53. The second kappa shape index (κ2) is 12.7. The van der Waals surface area contributed by atoms with Crippen LogP contribution in [0.2, 0.25) is 0 Å². The highest BCUT2D eigenvalue weighted by Gasteiger charge is 2.35. The van der Waals surface area contributed by atoms with E-state index in [0.29, 0.717) is 22.6 Å². The number of nitrogens with two attached hydrogens (primary N) is 1. The normalized spacial score (nSPS) is 20.1. The number of aldehydes is 1. The molecule has 9 heteroatoms. The molecular formula is C31H34N4O4S. The molecule has 2 aromatic carbocycles. The Labute approximate surface area is 239 Å². The van der Waals surface area contributed by atoms with Gasteiger partial charge in [-0.1, -0.05) is 31.2 Å². The van der Waals surface area contributed by atoms with Crippen LogP contribution in [0.25, 0.3) is 0 Å². The number of ketones is 1. The van der Waals surface area contributed by atoms with E-state index >= 15 is 0 Å². The van der Waals surface area contributed by atoms with E-state index in [4.69, 9.17) is 20.3 Å². The van der Waals surface area contributed by atoms with Crippen molar-refractivity contribution in [2.75, 3.05) is 7.11 Å². The Morgan fingerprint density at radius 1 is 1.12 bits per heavy atom. The van der Waals surface area contributed by atoms with Crippen molar-refractivity contribution in [2.45, 2.75) is 61.9 Å². The Morgan fingerprint density at radius 3 is 2.55 bits per heavy atom. The molecule has 0 saturated heterocycles. The number of carbonyl (C=O) groups is 2. The highest BCUT2D eigenvalue weighted by Crippen LogP contribution is 2.38. The van der Waals surface area contributed by atoms with E-state index in [-0.39, 0.29) is 17.1 Å². The second-order valence-electron chi connectivity index (χ2n) is 9.95. The van der Waals surface area contributed by atoms with Crippen LogP contribution in [0.15, 0.2) is 72.1 Å². The molecule has 3 unspecified atom stereocenters. The third-order valence-electron chi connectivity index (χ3n) is 7.36. The number of benzene rings is 2. The largest absolute Gasteiger partial charge is 0.493 e. The molecule has 1 aliphatic carbocycles. The van der Waals surface area contributed by atoms with Gasteiger partial charge in [0, 0.05) is 29.1 Å². The Balaban J connectivity index is 1.44. The summed E-state index contributed by atoms with van der Waals surface area (Å²) in [6.07, 6.45) is 8.78. The first-order valence-corrected chi connectivity index (χ1v) is 14.6. The van der Waals surface area contributed by atoms with E-state index in [0.717, 1.165) is 42.4 Å². The number of aromatic nitrogens is 1. The Bertz CT molecular complexity index is 1360. The van der Waals surface area contributed by atoms with Crippen molar-refractivity contribution >= 4 is 29.5 Å². The fourth-order valence-electron chi connectivity index (χ4n) is 5.15. The third-order valence-corrected chi connectivity index (χ3v) is 8.85. The number of rotatable bonds is 10. The van der Waals surface area contributed by atoms with Gasteiger partial charge in [-0.3, -0.25) is 14.8 Å². The van der Waals surface area contributed by atoms with Crippen LogP contribution in [0.4, 0.5) is 0 Å². The molecule has 0 bridgehead atoms. The van der Waals surface area contributed by atoms with Crippen LogP contribution in [0.3, 0.4) is 0 Å². The van der Waals surface area contributed by atoms with Crippen LogP contribution in [-0.4, -0.2) is 51.6 Å². The number of hydrogen-bond acceptors (Lipinski definition) is 9. The van der Waals surface area contributed by atoms with E-state index in [2.05, 4.69) is 11.9 Å². The predicted octanol–water partition coefficient (Wildman–Crippen LogP) is 5.36. The van der Waals surface area contributed by atoms with E-state index in [1.165, 1.54) is 24.6 Å². The maximum atomic E-state index is 12.8. The summed E-state index contributed by atoms with van der Waals surface area (Å²) in [6.45, 7) is 2.09. The van der Waals surface area contributed by atoms with Crippen molar-refractivity contribution in [3.8, 4) is 11.5 Å². The molecule has 1 aromatic heterocycles. The van der Waals surface area contributed by atoms with Crippen LogP contribution in [-0.2, 0) is 4.79 Å². The molecule has 2 N–H and O–H groups in total. The number of ether oxygens (including phenoxy) is 2. The van der Waals surface area contributed by atoms with Crippen LogP contribution >= 0.6 is 11.8 Å². The fraction of sp³-hybridized carbons (Fsp3) is 0.355. The zero-order valence-corrected chi connectivity index (χ0v) is 23.5. The molecule has 2 aliphatic rings. The van der Waals surface area contributed by atoms with Crippen molar-refractivity contribution in [3.05, 3.63) is 89.2 Å². The summed E-state index contributed by atoms with van der Waals surface area (Å²) in [7, 11) is 1.64. The van der Waals surface area contributed by atoms with Gasteiger partial charge in [0.05, 0.1) is 24.2 Å². The SMILES string of the molecule is CCC1SC(C=O)N(C(N)c2ccc(C(=O)c3cccnc3)cc2)N=C1c1ccc(OC)c(OC2CCCC2)c1. The first-order valence-electron chi connectivity index (χ1n) is 13.6. The van der Waals surface area contributed by atoms with Gasteiger partial charge in [-0.2, -0.15) is 5.10 Å². The molecule has 2 heterocycles. The topological polar surface area (TPSA) is 107 Å². The van der Waals surface area contributed by atoms with Crippen molar-refractivity contribution < 1.29 is 19.1 Å². The molecule has 40 heavy (non-hydrogen) atoms. The van der Waals surface area contributed by atoms with E-state index in [1.54, 1.807) is 48.8 Å². The number of nitrogens with zero attached hydrogens (tertiary/aromatic N) is 3. The smallest absolute Gasteiger partial charge is 0.194 e. The van der Waals surface area contributed by atoms with Crippen molar-refractivity contribution in [2.24, 2.45) is 10.8 Å². The highest BCUT2D eigenvalue weighted by atomic mass is 32.2. The molecule has 208 valence electrons. The van der Waals surface area contributed by atoms with Crippen molar-refractivity contribution in [1.29, 1.82) is 0 Å². The molecule has 1 aliphatic heterocycles. The maximum Gasteiger partial charge on any atom is 0.194 e.